The van der Waals surface area contributed by atoms with Crippen LogP contribution in [0.4, 0.5) is 22.9 Å². The lowest BCUT2D eigenvalue weighted by Crippen LogP contribution is -2.21. The van der Waals surface area contributed by atoms with Gasteiger partial charge in [-0.3, -0.25) is 9.35 Å². The van der Waals surface area contributed by atoms with Crippen LogP contribution >= 0.6 is 34.8 Å². The number of azo groups is 1. The molecule has 0 fully saturated rings. The van der Waals surface area contributed by atoms with Gasteiger partial charge in [0, 0.05) is 25.7 Å². The average Bonchev–Trinajstić information content (AvgIpc) is 3.14. The van der Waals surface area contributed by atoms with E-state index in [9.17, 15) is 23.0 Å². The van der Waals surface area contributed by atoms with E-state index in [2.05, 4.69) is 25.5 Å². The lowest BCUT2D eigenvalue weighted by Gasteiger charge is -2.22. The molecule has 194 valence electrons. The molecule has 0 bridgehead atoms. The first-order valence-corrected chi connectivity index (χ1v) is 13.2. The Hall–Kier alpha value is -3.21. The van der Waals surface area contributed by atoms with Crippen LogP contribution in [0.3, 0.4) is 0 Å². The van der Waals surface area contributed by atoms with Gasteiger partial charge in [0.1, 0.15) is 22.2 Å². The van der Waals surface area contributed by atoms with Crippen LogP contribution in [-0.2, 0) is 14.9 Å². The van der Waals surface area contributed by atoms with E-state index in [-0.39, 0.29) is 43.9 Å². The number of carbonyl (C=O) groups is 1. The Morgan fingerprint density at radius 3 is 2.41 bits per heavy atom. The molecule has 0 radical (unpaired) electrons. The highest BCUT2D eigenvalue weighted by molar-refractivity contribution is 7.86. The van der Waals surface area contributed by atoms with Crippen LogP contribution in [0, 0.1) is 11.3 Å². The smallest absolute Gasteiger partial charge is 0.296 e. The van der Waals surface area contributed by atoms with Gasteiger partial charge >= 0.3 is 0 Å². The Bertz CT molecular complexity index is 1540. The number of hydrogen-bond acceptors (Lipinski definition) is 8. The van der Waals surface area contributed by atoms with Crippen LogP contribution in [0.5, 0.6) is 0 Å². The number of halogens is 3. The first-order valence-electron chi connectivity index (χ1n) is 10.6. The van der Waals surface area contributed by atoms with Gasteiger partial charge in [0.25, 0.3) is 10.1 Å². The lowest BCUT2D eigenvalue weighted by molar-refractivity contribution is -0.114. The fourth-order valence-corrected chi connectivity index (χ4v) is 4.94. The maximum atomic E-state index is 11.8. The number of rotatable bonds is 8. The van der Waals surface area contributed by atoms with Crippen molar-refractivity contribution in [2.24, 2.45) is 10.2 Å². The van der Waals surface area contributed by atoms with Crippen LogP contribution in [0.15, 0.2) is 45.5 Å². The summed E-state index contributed by atoms with van der Waals surface area (Å²) >= 11 is 18.4. The maximum Gasteiger partial charge on any atom is 0.296 e. The number of carbonyl (C=O) groups excluding carboxylic acids is 1. The van der Waals surface area contributed by atoms with Gasteiger partial charge in [-0.05, 0) is 44.2 Å². The second-order valence-corrected chi connectivity index (χ2v) is 10.0. The third-order valence-electron chi connectivity index (χ3n) is 5.11. The van der Waals surface area contributed by atoms with E-state index in [1.807, 2.05) is 26.0 Å². The summed E-state index contributed by atoms with van der Waals surface area (Å²) in [5, 5.41) is 24.0. The number of aromatic nitrogens is 2. The molecule has 0 aliphatic carbocycles. The van der Waals surface area contributed by atoms with E-state index in [1.54, 1.807) is 12.1 Å². The molecule has 0 aliphatic heterocycles. The Morgan fingerprint density at radius 2 is 1.84 bits per heavy atom. The van der Waals surface area contributed by atoms with Crippen molar-refractivity contribution in [2.75, 3.05) is 23.3 Å². The van der Waals surface area contributed by atoms with E-state index in [0.29, 0.717) is 5.69 Å². The zero-order valence-electron chi connectivity index (χ0n) is 19.7. The van der Waals surface area contributed by atoms with E-state index in [4.69, 9.17) is 34.8 Å². The molecule has 15 heteroatoms. The monoisotopic (exact) mass is 583 g/mol. The van der Waals surface area contributed by atoms with Gasteiger partial charge in [0.15, 0.2) is 11.0 Å². The molecular weight excluding hydrogens is 565 g/mol. The minimum Gasteiger partial charge on any atom is -0.372 e. The standard InChI is InChI=1S/C22H20Cl3N7O4S/c1-4-31(5-2)13-6-7-17(18(8-13)27-12(3)33)28-29-22-14(11-26)21(25)30-32(22)19-9-16(24)20(10-15(19)23)37(34,35)36/h6-10H,4-5H2,1-3H3,(H,27,33)(H,34,35,36)/b29-28+. The fraction of sp³-hybridized carbons (Fsp3) is 0.227. The number of nitriles is 1. The molecule has 0 saturated heterocycles. The zero-order chi connectivity index (χ0) is 27.5. The summed E-state index contributed by atoms with van der Waals surface area (Å²) in [6, 6.07) is 9.16. The molecule has 0 aliphatic rings. The normalized spacial score (nSPS) is 11.5. The van der Waals surface area contributed by atoms with Crippen LogP contribution < -0.4 is 10.2 Å². The van der Waals surface area contributed by atoms with Crippen LogP contribution in [-0.4, -0.2) is 41.7 Å². The van der Waals surface area contributed by atoms with Crippen molar-refractivity contribution in [3.63, 3.8) is 0 Å². The summed E-state index contributed by atoms with van der Waals surface area (Å²) < 4.78 is 33.5. The minimum atomic E-state index is -4.65. The number of hydrogen-bond donors (Lipinski definition) is 2. The molecule has 1 heterocycles. The van der Waals surface area contributed by atoms with Crippen LogP contribution in [0.1, 0.15) is 26.3 Å². The Kier molecular flexibility index (Phi) is 8.78. The van der Waals surface area contributed by atoms with Gasteiger partial charge < -0.3 is 10.2 Å². The molecular formula is C22H20Cl3N7O4S. The lowest BCUT2D eigenvalue weighted by atomic mass is 10.2. The van der Waals surface area contributed by atoms with Crippen molar-refractivity contribution < 1.29 is 17.8 Å². The summed E-state index contributed by atoms with van der Waals surface area (Å²) in [6.45, 7) is 6.86. The first-order chi connectivity index (χ1) is 17.4. The molecule has 0 saturated carbocycles. The summed E-state index contributed by atoms with van der Waals surface area (Å²) in [5.41, 5.74) is 1.41. The molecule has 37 heavy (non-hydrogen) atoms. The van der Waals surface area contributed by atoms with Gasteiger partial charge in [-0.1, -0.05) is 34.8 Å². The number of anilines is 2. The SMILES string of the molecule is CCN(CC)c1ccc(/N=N/c2c(C#N)c(Cl)nn2-c2cc(Cl)c(S(=O)(=O)O)cc2Cl)c(NC(C)=O)c1. The summed E-state index contributed by atoms with van der Waals surface area (Å²) in [6.07, 6.45) is 0. The Morgan fingerprint density at radius 1 is 1.16 bits per heavy atom. The fourth-order valence-electron chi connectivity index (χ4n) is 3.41. The zero-order valence-corrected chi connectivity index (χ0v) is 22.8. The molecule has 2 N–H and O–H groups in total. The molecule has 3 aromatic rings. The molecule has 2 aromatic carbocycles. The third kappa shape index (κ3) is 6.20. The van der Waals surface area contributed by atoms with Gasteiger partial charge in [-0.25, -0.2) is 4.68 Å². The van der Waals surface area contributed by atoms with Crippen molar-refractivity contribution in [1.82, 2.24) is 9.78 Å². The van der Waals surface area contributed by atoms with Gasteiger partial charge in [-0.15, -0.1) is 10.2 Å². The van der Waals surface area contributed by atoms with Crippen molar-refractivity contribution in [2.45, 2.75) is 25.7 Å². The largest absolute Gasteiger partial charge is 0.372 e. The van der Waals surface area contributed by atoms with E-state index in [1.165, 1.54) is 6.92 Å². The van der Waals surface area contributed by atoms with Crippen molar-refractivity contribution in [3.05, 3.63) is 51.1 Å². The van der Waals surface area contributed by atoms with Crippen molar-refractivity contribution in [3.8, 4) is 11.8 Å². The molecule has 1 aromatic heterocycles. The molecule has 11 nitrogen and oxygen atoms in total. The summed E-state index contributed by atoms with van der Waals surface area (Å²) in [5.74, 6) is -0.453. The molecule has 3 rings (SSSR count). The highest BCUT2D eigenvalue weighted by Crippen LogP contribution is 2.37. The maximum absolute atomic E-state index is 11.8. The quantitative estimate of drug-likeness (QED) is 0.237. The van der Waals surface area contributed by atoms with Crippen LogP contribution in [0.25, 0.3) is 5.69 Å². The second kappa shape index (κ2) is 11.5. The number of nitrogens with zero attached hydrogens (tertiary/aromatic N) is 6. The predicted octanol–water partition coefficient (Wildman–Crippen LogP) is 6.17. The van der Waals surface area contributed by atoms with Gasteiger partial charge in [0.05, 0.1) is 21.4 Å². The van der Waals surface area contributed by atoms with Crippen molar-refractivity contribution in [1.29, 1.82) is 5.26 Å². The van der Waals surface area contributed by atoms with Crippen LogP contribution in [0.2, 0.25) is 15.2 Å². The predicted molar refractivity (Wildman–Crippen MR) is 142 cm³/mol. The highest BCUT2D eigenvalue weighted by Gasteiger charge is 2.23. The van der Waals surface area contributed by atoms with Gasteiger partial charge in [0.2, 0.25) is 5.91 Å². The van der Waals surface area contributed by atoms with E-state index in [0.717, 1.165) is 35.6 Å². The van der Waals surface area contributed by atoms with Crippen molar-refractivity contribution >= 4 is 73.7 Å². The number of amides is 1. The van der Waals surface area contributed by atoms with E-state index >= 15 is 0 Å². The minimum absolute atomic E-state index is 0.0235. The van der Waals surface area contributed by atoms with Gasteiger partial charge in [-0.2, -0.15) is 18.8 Å². The highest BCUT2D eigenvalue weighted by atomic mass is 35.5. The topological polar surface area (TPSA) is 153 Å². The van der Waals surface area contributed by atoms with E-state index < -0.39 is 15.0 Å². The Labute approximate surface area is 228 Å². The average molecular weight is 585 g/mol. The Balaban J connectivity index is 2.17. The summed E-state index contributed by atoms with van der Waals surface area (Å²) in [7, 11) is -4.65. The molecule has 0 unspecified atom stereocenters. The summed E-state index contributed by atoms with van der Waals surface area (Å²) in [4.78, 5) is 13.3. The molecule has 0 atom stereocenters. The second-order valence-electron chi connectivity index (χ2n) is 7.48. The number of benzene rings is 2. The first kappa shape index (κ1) is 28.4. The molecule has 0 spiro atoms. The number of nitrogens with one attached hydrogen (secondary N) is 1. The molecule has 1 amide bonds. The third-order valence-corrected chi connectivity index (χ3v) is 7.00.